The van der Waals surface area contributed by atoms with E-state index in [1.807, 2.05) is 60.9 Å². The Hall–Kier alpha value is -3.35. The van der Waals surface area contributed by atoms with E-state index in [0.29, 0.717) is 32.0 Å². The van der Waals surface area contributed by atoms with Crippen LogP contribution in [0.25, 0.3) is 0 Å². The molecule has 0 radical (unpaired) electrons. The number of carboxylic acid groups (broad SMARTS) is 1. The second kappa shape index (κ2) is 11.4. The van der Waals surface area contributed by atoms with Crippen LogP contribution in [0, 0.1) is 5.92 Å². The number of hydrogen-bond donors (Lipinski definition) is 1. The number of rotatable bonds is 9. The first-order chi connectivity index (χ1) is 17.6. The van der Waals surface area contributed by atoms with Gasteiger partial charge in [0.2, 0.25) is 5.91 Å². The van der Waals surface area contributed by atoms with Gasteiger partial charge in [-0.15, -0.1) is 0 Å². The van der Waals surface area contributed by atoms with E-state index in [-0.39, 0.29) is 29.5 Å². The highest BCUT2D eigenvalue weighted by molar-refractivity contribution is 5.87. The summed E-state index contributed by atoms with van der Waals surface area (Å²) in [7, 11) is 0. The third-order valence-corrected chi connectivity index (χ3v) is 7.19. The second-order valence-electron chi connectivity index (χ2n) is 11.3. The zero-order valence-electron chi connectivity index (χ0n) is 22.1. The molecule has 198 valence electrons. The maximum Gasteiger partial charge on any atom is 0.410 e. The van der Waals surface area contributed by atoms with Crippen molar-refractivity contribution in [2.24, 2.45) is 5.92 Å². The maximum atomic E-state index is 13.1. The Morgan fingerprint density at radius 2 is 1.78 bits per heavy atom. The Kier molecular flexibility index (Phi) is 8.20. The first-order valence-electron chi connectivity index (χ1n) is 13.3. The molecule has 1 saturated carbocycles. The van der Waals surface area contributed by atoms with Crippen molar-refractivity contribution < 1.29 is 24.2 Å². The zero-order chi connectivity index (χ0) is 26.6. The van der Waals surface area contributed by atoms with Gasteiger partial charge in [0, 0.05) is 38.0 Å². The van der Waals surface area contributed by atoms with Crippen LogP contribution in [-0.4, -0.2) is 64.2 Å². The normalized spacial score (nSPS) is 21.4. The van der Waals surface area contributed by atoms with E-state index in [4.69, 9.17) is 9.84 Å². The molecule has 2 amide bonds. The van der Waals surface area contributed by atoms with Gasteiger partial charge in [-0.3, -0.25) is 4.79 Å². The third-order valence-electron chi connectivity index (χ3n) is 7.19. The van der Waals surface area contributed by atoms with Gasteiger partial charge >= 0.3 is 12.1 Å². The lowest BCUT2D eigenvalue weighted by Gasteiger charge is -2.35. The maximum absolute atomic E-state index is 13.1. The molecule has 7 nitrogen and oxygen atoms in total. The fourth-order valence-corrected chi connectivity index (χ4v) is 5.15. The minimum absolute atomic E-state index is 0.109. The lowest BCUT2D eigenvalue weighted by atomic mass is 9.95. The van der Waals surface area contributed by atoms with Crippen LogP contribution in [0.4, 0.5) is 4.79 Å². The standard InChI is InChI=1S/C30H38N2O5/c1-30(2,3)37-29(36)32(26-19-25(26)23-9-5-4-6-10-23)20-22-15-17-31(27(33)18-22)16-7-8-21-11-13-24(14-12-21)28(34)35/h4-6,9-14,22,25-26H,7-8,15-20H2,1-3H3,(H,34,35). The van der Waals surface area contributed by atoms with Crippen molar-refractivity contribution in [3.05, 3.63) is 71.3 Å². The lowest BCUT2D eigenvalue weighted by molar-refractivity contribution is -0.135. The van der Waals surface area contributed by atoms with Crippen LogP contribution in [0.2, 0.25) is 0 Å². The van der Waals surface area contributed by atoms with Gasteiger partial charge in [-0.25, -0.2) is 9.59 Å². The van der Waals surface area contributed by atoms with Crippen LogP contribution < -0.4 is 0 Å². The van der Waals surface area contributed by atoms with Crippen molar-refractivity contribution in [1.82, 2.24) is 9.80 Å². The highest BCUT2D eigenvalue weighted by Crippen LogP contribution is 2.45. The molecule has 1 aliphatic carbocycles. The molecule has 1 saturated heterocycles. The largest absolute Gasteiger partial charge is 0.478 e. The van der Waals surface area contributed by atoms with Crippen molar-refractivity contribution in [3.63, 3.8) is 0 Å². The van der Waals surface area contributed by atoms with Gasteiger partial charge in [-0.1, -0.05) is 42.5 Å². The summed E-state index contributed by atoms with van der Waals surface area (Å²) >= 11 is 0. The molecule has 37 heavy (non-hydrogen) atoms. The number of carbonyl (C=O) groups excluding carboxylic acids is 2. The second-order valence-corrected chi connectivity index (χ2v) is 11.3. The summed E-state index contributed by atoms with van der Waals surface area (Å²) in [6.07, 6.45) is 3.55. The molecule has 1 aliphatic heterocycles. The summed E-state index contributed by atoms with van der Waals surface area (Å²) in [5.41, 5.74) is 2.02. The average Bonchev–Trinajstić information content (AvgIpc) is 3.64. The molecule has 2 aromatic rings. The quantitative estimate of drug-likeness (QED) is 0.495. The van der Waals surface area contributed by atoms with Gasteiger partial charge < -0.3 is 19.6 Å². The molecule has 0 aromatic heterocycles. The predicted molar refractivity (Wildman–Crippen MR) is 142 cm³/mol. The lowest BCUT2D eigenvalue weighted by Crippen LogP contribution is -2.46. The fraction of sp³-hybridized carbons (Fsp3) is 0.500. The highest BCUT2D eigenvalue weighted by Gasteiger charge is 2.47. The number of aromatic carboxylic acids is 1. The van der Waals surface area contributed by atoms with Gasteiger partial charge in [-0.2, -0.15) is 0 Å². The minimum atomic E-state index is -0.928. The number of hydrogen-bond acceptors (Lipinski definition) is 4. The Morgan fingerprint density at radius 3 is 2.41 bits per heavy atom. The van der Waals surface area contributed by atoms with Crippen LogP contribution in [0.5, 0.6) is 0 Å². The SMILES string of the molecule is CC(C)(C)OC(=O)N(CC1CCN(CCCc2ccc(C(=O)O)cc2)C(=O)C1)C1CC1c1ccccc1. The van der Waals surface area contributed by atoms with Crippen LogP contribution in [0.1, 0.15) is 73.9 Å². The zero-order valence-corrected chi connectivity index (χ0v) is 22.1. The summed E-state index contributed by atoms with van der Waals surface area (Å²) in [6, 6.07) is 17.3. The van der Waals surface area contributed by atoms with E-state index in [1.165, 1.54) is 5.56 Å². The van der Waals surface area contributed by atoms with Crippen molar-refractivity contribution in [2.45, 2.75) is 70.4 Å². The Balaban J connectivity index is 1.30. The monoisotopic (exact) mass is 506 g/mol. The number of carbonyl (C=O) groups is 3. The molecule has 3 unspecified atom stereocenters. The van der Waals surface area contributed by atoms with E-state index in [2.05, 4.69) is 12.1 Å². The van der Waals surface area contributed by atoms with Gasteiger partial charge in [0.25, 0.3) is 0 Å². The molecule has 1 heterocycles. The topological polar surface area (TPSA) is 87.2 Å². The molecule has 4 rings (SSSR count). The molecule has 3 atom stereocenters. The summed E-state index contributed by atoms with van der Waals surface area (Å²) in [6.45, 7) is 7.56. The van der Waals surface area contributed by atoms with E-state index in [0.717, 1.165) is 31.2 Å². The Labute approximate surface area is 219 Å². The number of aryl methyl sites for hydroxylation is 1. The molecule has 2 aliphatic rings. The molecular weight excluding hydrogens is 468 g/mol. The van der Waals surface area contributed by atoms with Crippen molar-refractivity contribution in [1.29, 1.82) is 0 Å². The first-order valence-corrected chi connectivity index (χ1v) is 13.3. The first kappa shape index (κ1) is 26.7. The fourth-order valence-electron chi connectivity index (χ4n) is 5.15. The molecule has 0 spiro atoms. The molecular formula is C30H38N2O5. The molecule has 2 aromatic carbocycles. The van der Waals surface area contributed by atoms with Gasteiger partial charge in [0.1, 0.15) is 5.60 Å². The number of nitrogens with zero attached hydrogens (tertiary/aromatic N) is 2. The molecule has 7 heteroatoms. The van der Waals surface area contributed by atoms with Crippen LogP contribution >= 0.6 is 0 Å². The third kappa shape index (κ3) is 7.34. The summed E-state index contributed by atoms with van der Waals surface area (Å²) in [5, 5.41) is 9.03. The predicted octanol–water partition coefficient (Wildman–Crippen LogP) is 5.35. The number of likely N-dealkylation sites (tertiary alicyclic amines) is 1. The summed E-state index contributed by atoms with van der Waals surface area (Å²) in [5.74, 6) is -0.356. The minimum Gasteiger partial charge on any atom is -0.478 e. The van der Waals surface area contributed by atoms with E-state index < -0.39 is 11.6 Å². The average molecular weight is 507 g/mol. The number of carboxylic acids is 1. The van der Waals surface area contributed by atoms with Gasteiger partial charge in [0.15, 0.2) is 0 Å². The van der Waals surface area contributed by atoms with Crippen LogP contribution in [0.15, 0.2) is 54.6 Å². The molecule has 1 N–H and O–H groups in total. The van der Waals surface area contributed by atoms with Gasteiger partial charge in [-0.05, 0) is 75.6 Å². The number of benzene rings is 2. The Bertz CT molecular complexity index is 1090. The summed E-state index contributed by atoms with van der Waals surface area (Å²) in [4.78, 5) is 40.9. The smallest absolute Gasteiger partial charge is 0.410 e. The summed E-state index contributed by atoms with van der Waals surface area (Å²) < 4.78 is 5.75. The Morgan fingerprint density at radius 1 is 1.08 bits per heavy atom. The number of piperidine rings is 1. The molecule has 0 bridgehead atoms. The van der Waals surface area contributed by atoms with E-state index >= 15 is 0 Å². The van der Waals surface area contributed by atoms with Crippen molar-refractivity contribution >= 4 is 18.0 Å². The highest BCUT2D eigenvalue weighted by atomic mass is 16.6. The van der Waals surface area contributed by atoms with Gasteiger partial charge in [0.05, 0.1) is 5.56 Å². The van der Waals surface area contributed by atoms with Crippen LogP contribution in [-0.2, 0) is 16.0 Å². The van der Waals surface area contributed by atoms with Crippen molar-refractivity contribution in [3.8, 4) is 0 Å². The number of ether oxygens (including phenoxy) is 1. The number of amides is 2. The van der Waals surface area contributed by atoms with Crippen LogP contribution in [0.3, 0.4) is 0 Å². The van der Waals surface area contributed by atoms with Crippen molar-refractivity contribution in [2.75, 3.05) is 19.6 Å². The van der Waals surface area contributed by atoms with E-state index in [9.17, 15) is 14.4 Å². The van der Waals surface area contributed by atoms with E-state index in [1.54, 1.807) is 12.1 Å². The molecule has 2 fully saturated rings.